The van der Waals surface area contributed by atoms with Crippen LogP contribution in [-0.4, -0.2) is 24.6 Å². The van der Waals surface area contributed by atoms with E-state index in [9.17, 15) is 0 Å². The fourth-order valence-electron chi connectivity index (χ4n) is 1.71. The van der Waals surface area contributed by atoms with Crippen LogP contribution in [0.3, 0.4) is 0 Å². The molecule has 0 bridgehead atoms. The summed E-state index contributed by atoms with van der Waals surface area (Å²) in [5.74, 6) is 0. The lowest BCUT2D eigenvalue weighted by Gasteiger charge is -2.24. The van der Waals surface area contributed by atoms with Crippen molar-refractivity contribution in [2.24, 2.45) is 0 Å². The van der Waals surface area contributed by atoms with Gasteiger partial charge in [-0.05, 0) is 12.6 Å². The molecule has 0 aliphatic heterocycles. The highest BCUT2D eigenvalue weighted by molar-refractivity contribution is 5.53. The van der Waals surface area contributed by atoms with Gasteiger partial charge in [-0.1, -0.05) is 19.1 Å². The van der Waals surface area contributed by atoms with Crippen molar-refractivity contribution >= 4 is 5.69 Å². The average Bonchev–Trinajstić information content (AvgIpc) is 2.36. The van der Waals surface area contributed by atoms with Gasteiger partial charge in [0.25, 0.3) is 0 Å². The van der Waals surface area contributed by atoms with Gasteiger partial charge in [0.1, 0.15) is 0 Å². The number of nitrogens with one attached hydrogen (secondary N) is 1. The first-order chi connectivity index (χ1) is 8.33. The number of nitrogens with zero attached hydrogens (tertiary/aromatic N) is 2. The number of rotatable bonds is 8. The predicted octanol–water partition coefficient (Wildman–Crippen LogP) is 2.37. The molecular weight excluding hydrogens is 210 g/mol. The zero-order valence-corrected chi connectivity index (χ0v) is 10.5. The number of hydrogen-bond donors (Lipinski definition) is 1. The summed E-state index contributed by atoms with van der Waals surface area (Å²) in [6.45, 7) is 13.1. The summed E-state index contributed by atoms with van der Waals surface area (Å²) < 4.78 is 0. The van der Waals surface area contributed by atoms with E-state index >= 15 is 0 Å². The normalized spacial score (nSPS) is 9.94. The van der Waals surface area contributed by atoms with Gasteiger partial charge in [0, 0.05) is 43.3 Å². The van der Waals surface area contributed by atoms with Crippen LogP contribution in [0.1, 0.15) is 12.5 Å². The van der Waals surface area contributed by atoms with Gasteiger partial charge in [-0.25, -0.2) is 0 Å². The summed E-state index contributed by atoms with van der Waals surface area (Å²) in [5.41, 5.74) is 2.40. The molecule has 92 valence electrons. The summed E-state index contributed by atoms with van der Waals surface area (Å²) in [5, 5.41) is 3.33. The van der Waals surface area contributed by atoms with Gasteiger partial charge in [0.05, 0.1) is 0 Å². The fourth-order valence-corrected chi connectivity index (χ4v) is 1.71. The molecule has 1 aromatic heterocycles. The van der Waals surface area contributed by atoms with Crippen molar-refractivity contribution in [3.63, 3.8) is 0 Å². The van der Waals surface area contributed by atoms with E-state index in [1.54, 1.807) is 0 Å². The molecule has 17 heavy (non-hydrogen) atoms. The van der Waals surface area contributed by atoms with Gasteiger partial charge in [0.2, 0.25) is 0 Å². The van der Waals surface area contributed by atoms with Crippen LogP contribution in [0.15, 0.2) is 43.8 Å². The van der Waals surface area contributed by atoms with Crippen LogP contribution in [0.5, 0.6) is 0 Å². The molecule has 1 N–H and O–H groups in total. The van der Waals surface area contributed by atoms with Crippen LogP contribution >= 0.6 is 0 Å². The Morgan fingerprint density at radius 3 is 2.65 bits per heavy atom. The van der Waals surface area contributed by atoms with Crippen LogP contribution in [0, 0.1) is 0 Å². The van der Waals surface area contributed by atoms with Gasteiger partial charge in [-0.15, -0.1) is 13.2 Å². The molecule has 1 aromatic rings. The molecule has 0 aromatic carbocycles. The number of aromatic nitrogens is 1. The van der Waals surface area contributed by atoms with Crippen molar-refractivity contribution in [1.82, 2.24) is 10.3 Å². The van der Waals surface area contributed by atoms with Gasteiger partial charge in [-0.2, -0.15) is 0 Å². The predicted molar refractivity (Wildman–Crippen MR) is 74.2 cm³/mol. The third-order valence-corrected chi connectivity index (χ3v) is 2.48. The van der Waals surface area contributed by atoms with E-state index < -0.39 is 0 Å². The molecule has 0 amide bonds. The van der Waals surface area contributed by atoms with E-state index in [0.717, 1.165) is 26.2 Å². The molecule has 0 radical (unpaired) electrons. The lowest BCUT2D eigenvalue weighted by Crippen LogP contribution is -2.25. The van der Waals surface area contributed by atoms with E-state index in [2.05, 4.69) is 35.3 Å². The number of anilines is 1. The molecule has 1 heterocycles. The highest BCUT2D eigenvalue weighted by Gasteiger charge is 2.08. The molecule has 0 aliphatic carbocycles. The van der Waals surface area contributed by atoms with Crippen molar-refractivity contribution in [3.8, 4) is 0 Å². The molecule has 0 unspecified atom stereocenters. The SMILES string of the molecule is C=CCN(CC=C)c1ccncc1CNCC. The third-order valence-electron chi connectivity index (χ3n) is 2.48. The molecule has 3 heteroatoms. The second kappa shape index (κ2) is 7.63. The molecule has 0 aliphatic rings. The molecule has 0 atom stereocenters. The zero-order chi connectivity index (χ0) is 12.5. The Morgan fingerprint density at radius 2 is 2.06 bits per heavy atom. The summed E-state index contributed by atoms with van der Waals surface area (Å²) in [6, 6.07) is 2.04. The van der Waals surface area contributed by atoms with Crippen LogP contribution in [0.4, 0.5) is 5.69 Å². The average molecular weight is 231 g/mol. The van der Waals surface area contributed by atoms with E-state index in [-0.39, 0.29) is 0 Å². The first-order valence-corrected chi connectivity index (χ1v) is 5.93. The largest absolute Gasteiger partial charge is 0.364 e. The van der Waals surface area contributed by atoms with E-state index in [0.29, 0.717) is 0 Å². The van der Waals surface area contributed by atoms with Crippen LogP contribution in [0.25, 0.3) is 0 Å². The van der Waals surface area contributed by atoms with Crippen molar-refractivity contribution in [2.75, 3.05) is 24.5 Å². The number of hydrogen-bond acceptors (Lipinski definition) is 3. The molecule has 0 saturated heterocycles. The Morgan fingerprint density at radius 1 is 1.35 bits per heavy atom. The standard InChI is InChI=1S/C14H21N3/c1-4-9-17(10-5-2)14-7-8-16-12-13(14)11-15-6-3/h4-5,7-8,12,15H,1-2,6,9-11H2,3H3. The Balaban J connectivity index is 2.90. The molecule has 3 nitrogen and oxygen atoms in total. The summed E-state index contributed by atoms with van der Waals surface area (Å²) in [7, 11) is 0. The summed E-state index contributed by atoms with van der Waals surface area (Å²) in [6.07, 6.45) is 7.54. The molecular formula is C14H21N3. The zero-order valence-electron chi connectivity index (χ0n) is 10.5. The molecule has 0 saturated carbocycles. The second-order valence-corrected chi connectivity index (χ2v) is 3.77. The van der Waals surface area contributed by atoms with Crippen molar-refractivity contribution in [1.29, 1.82) is 0 Å². The Kier molecular flexibility index (Phi) is 6.04. The minimum atomic E-state index is 0.815. The van der Waals surface area contributed by atoms with E-state index in [1.807, 2.05) is 30.6 Å². The second-order valence-electron chi connectivity index (χ2n) is 3.77. The minimum Gasteiger partial charge on any atom is -0.364 e. The maximum atomic E-state index is 4.18. The highest BCUT2D eigenvalue weighted by atomic mass is 15.1. The summed E-state index contributed by atoms with van der Waals surface area (Å²) >= 11 is 0. The molecule has 0 fully saturated rings. The van der Waals surface area contributed by atoms with Crippen LogP contribution in [-0.2, 0) is 6.54 Å². The maximum Gasteiger partial charge on any atom is 0.0448 e. The van der Waals surface area contributed by atoms with Gasteiger partial charge in [0.15, 0.2) is 0 Å². The molecule has 0 spiro atoms. The Bertz CT molecular complexity index is 350. The fraction of sp³-hybridized carbons (Fsp3) is 0.357. The lowest BCUT2D eigenvalue weighted by atomic mass is 10.2. The third kappa shape index (κ3) is 4.04. The maximum absolute atomic E-state index is 4.18. The van der Waals surface area contributed by atoms with E-state index in [4.69, 9.17) is 0 Å². The highest BCUT2D eigenvalue weighted by Crippen LogP contribution is 2.19. The van der Waals surface area contributed by atoms with Crippen LogP contribution < -0.4 is 10.2 Å². The van der Waals surface area contributed by atoms with Gasteiger partial charge >= 0.3 is 0 Å². The first kappa shape index (κ1) is 13.5. The lowest BCUT2D eigenvalue weighted by molar-refractivity contribution is 0.721. The quantitative estimate of drug-likeness (QED) is 0.696. The van der Waals surface area contributed by atoms with Gasteiger partial charge < -0.3 is 10.2 Å². The Labute approximate surface area is 104 Å². The Hall–Kier alpha value is -1.61. The van der Waals surface area contributed by atoms with Crippen molar-refractivity contribution in [2.45, 2.75) is 13.5 Å². The van der Waals surface area contributed by atoms with Crippen molar-refractivity contribution < 1.29 is 0 Å². The number of pyridine rings is 1. The van der Waals surface area contributed by atoms with Crippen LogP contribution in [0.2, 0.25) is 0 Å². The first-order valence-electron chi connectivity index (χ1n) is 5.93. The van der Waals surface area contributed by atoms with Crippen molar-refractivity contribution in [3.05, 3.63) is 49.3 Å². The topological polar surface area (TPSA) is 28.2 Å². The van der Waals surface area contributed by atoms with E-state index in [1.165, 1.54) is 11.3 Å². The minimum absolute atomic E-state index is 0.815. The van der Waals surface area contributed by atoms with Gasteiger partial charge in [-0.3, -0.25) is 4.98 Å². The monoisotopic (exact) mass is 231 g/mol. The smallest absolute Gasteiger partial charge is 0.0448 e. The molecule has 1 rings (SSSR count). The summed E-state index contributed by atoms with van der Waals surface area (Å²) in [4.78, 5) is 6.41.